The molecule has 3 nitrogen and oxygen atoms in total. The second-order valence-corrected chi connectivity index (χ2v) is 12.8. The van der Waals surface area contributed by atoms with Crippen LogP contribution in [0.2, 0.25) is 0 Å². The highest BCUT2D eigenvalue weighted by Gasteiger charge is 2.59. The lowest BCUT2D eigenvalue weighted by atomic mass is 9.47. The summed E-state index contributed by atoms with van der Waals surface area (Å²) in [6, 6.07) is 0. The van der Waals surface area contributed by atoms with Gasteiger partial charge in [-0.3, -0.25) is 0 Å². The summed E-state index contributed by atoms with van der Waals surface area (Å²) < 4.78 is 0. The highest BCUT2D eigenvalue weighted by atomic mass is 16.3. The quantitative estimate of drug-likeness (QED) is 0.420. The van der Waals surface area contributed by atoms with Gasteiger partial charge < -0.3 is 16.6 Å². The smallest absolute Gasteiger partial charge is 0.0577 e. The predicted octanol–water partition coefficient (Wildman–Crippen LogP) is 6.29. The van der Waals surface area contributed by atoms with E-state index in [0.29, 0.717) is 23.9 Å². The van der Waals surface area contributed by atoms with E-state index in [1.165, 1.54) is 57.8 Å². The Bertz CT molecular complexity index is 629. The highest BCUT2D eigenvalue weighted by molar-refractivity contribution is 5.25. The van der Waals surface area contributed by atoms with Crippen LogP contribution in [0.3, 0.4) is 0 Å². The minimum Gasteiger partial charge on any atom is -0.393 e. The topological polar surface area (TPSA) is 72.3 Å². The van der Waals surface area contributed by atoms with Crippen molar-refractivity contribution in [1.82, 2.24) is 0 Å². The van der Waals surface area contributed by atoms with Crippen LogP contribution in [0, 0.1) is 46.3 Å². The Balaban J connectivity index is 0.000000668. The lowest BCUT2D eigenvalue weighted by Crippen LogP contribution is -2.50. The summed E-state index contributed by atoms with van der Waals surface area (Å²) >= 11 is 0. The summed E-state index contributed by atoms with van der Waals surface area (Å²) in [6.07, 6.45) is 17.2. The standard InChI is InChI=1S/C27H46O.C2H8N2/c1-18(2)7-6-8-19(3)23-11-12-24-22-10-9-20-17-21(28)13-15-26(20,4)25(22)14-16-27(23,24)5;3-1-2-4/h9,18-19,21-25,28H,6-8,10-17H2,1-5H3;1-4H2/t19?,21-,22-,23+,24-,25-,26-,27+;/m0./s1. The van der Waals surface area contributed by atoms with Crippen molar-refractivity contribution in [3.8, 4) is 0 Å². The van der Waals surface area contributed by atoms with Gasteiger partial charge >= 0.3 is 0 Å². The summed E-state index contributed by atoms with van der Waals surface area (Å²) in [5, 5.41) is 10.2. The molecule has 5 N–H and O–H groups in total. The van der Waals surface area contributed by atoms with Crippen LogP contribution in [0.25, 0.3) is 0 Å². The second-order valence-electron chi connectivity index (χ2n) is 12.8. The lowest BCUT2D eigenvalue weighted by molar-refractivity contribution is -0.0573. The van der Waals surface area contributed by atoms with Crippen molar-refractivity contribution in [2.75, 3.05) is 13.1 Å². The molecule has 0 aromatic heterocycles. The van der Waals surface area contributed by atoms with Gasteiger partial charge in [0, 0.05) is 13.1 Å². The van der Waals surface area contributed by atoms with Crippen molar-refractivity contribution in [3.05, 3.63) is 11.6 Å². The molecule has 0 heterocycles. The zero-order valence-electron chi connectivity index (χ0n) is 21.9. The van der Waals surface area contributed by atoms with Crippen LogP contribution >= 0.6 is 0 Å². The molecule has 0 saturated heterocycles. The summed E-state index contributed by atoms with van der Waals surface area (Å²) in [5.74, 6) is 5.46. The molecule has 4 rings (SSSR count). The third-order valence-electron chi connectivity index (χ3n) is 10.4. The Morgan fingerprint density at radius 2 is 1.69 bits per heavy atom. The van der Waals surface area contributed by atoms with Crippen LogP contribution in [0.1, 0.15) is 105 Å². The van der Waals surface area contributed by atoms with Crippen molar-refractivity contribution in [2.45, 2.75) is 111 Å². The number of hydrogen-bond donors (Lipinski definition) is 3. The number of aliphatic hydroxyl groups excluding tert-OH is 1. The molecule has 4 aliphatic carbocycles. The molecule has 3 fully saturated rings. The molecule has 0 radical (unpaired) electrons. The van der Waals surface area contributed by atoms with Gasteiger partial charge in [0.25, 0.3) is 0 Å². The summed E-state index contributed by atoms with van der Waals surface area (Å²) in [5.41, 5.74) is 12.4. The van der Waals surface area contributed by atoms with E-state index in [-0.39, 0.29) is 6.10 Å². The van der Waals surface area contributed by atoms with Gasteiger partial charge in [-0.05, 0) is 97.7 Å². The first kappa shape index (κ1) is 26.2. The molecule has 0 aromatic rings. The minimum absolute atomic E-state index is 0.0766. The fourth-order valence-corrected chi connectivity index (χ4v) is 8.67. The maximum absolute atomic E-state index is 10.2. The van der Waals surface area contributed by atoms with Crippen molar-refractivity contribution < 1.29 is 5.11 Å². The van der Waals surface area contributed by atoms with Crippen LogP contribution in [-0.2, 0) is 0 Å². The molecular weight excluding hydrogens is 392 g/mol. The van der Waals surface area contributed by atoms with Crippen molar-refractivity contribution >= 4 is 0 Å². The number of fused-ring (bicyclic) bond motifs is 5. The molecule has 3 saturated carbocycles. The largest absolute Gasteiger partial charge is 0.393 e. The second kappa shape index (κ2) is 10.9. The van der Waals surface area contributed by atoms with Gasteiger partial charge in [0.15, 0.2) is 0 Å². The van der Waals surface area contributed by atoms with Crippen molar-refractivity contribution in [3.63, 3.8) is 0 Å². The fourth-order valence-electron chi connectivity index (χ4n) is 8.67. The molecule has 4 aliphatic rings. The van der Waals surface area contributed by atoms with Crippen molar-refractivity contribution in [2.24, 2.45) is 57.8 Å². The molecule has 0 bridgehead atoms. The molecule has 0 spiro atoms. The van der Waals surface area contributed by atoms with Gasteiger partial charge in [-0.25, -0.2) is 0 Å². The molecule has 1 unspecified atom stereocenters. The van der Waals surface area contributed by atoms with Crippen LogP contribution in [-0.4, -0.2) is 24.3 Å². The molecule has 186 valence electrons. The first-order valence-corrected chi connectivity index (χ1v) is 13.9. The molecule has 8 atom stereocenters. The summed E-state index contributed by atoms with van der Waals surface area (Å²) in [7, 11) is 0. The van der Waals surface area contributed by atoms with Gasteiger partial charge in [-0.15, -0.1) is 0 Å². The van der Waals surface area contributed by atoms with E-state index in [1.807, 2.05) is 0 Å². The van der Waals surface area contributed by atoms with E-state index in [0.717, 1.165) is 48.3 Å². The summed E-state index contributed by atoms with van der Waals surface area (Å²) in [6.45, 7) is 13.8. The highest BCUT2D eigenvalue weighted by Crippen LogP contribution is 2.67. The maximum atomic E-state index is 10.2. The van der Waals surface area contributed by atoms with Crippen LogP contribution in [0.4, 0.5) is 0 Å². The van der Waals surface area contributed by atoms with Gasteiger partial charge in [-0.1, -0.05) is 65.5 Å². The van der Waals surface area contributed by atoms with E-state index in [1.54, 1.807) is 5.57 Å². The van der Waals surface area contributed by atoms with Gasteiger partial charge in [-0.2, -0.15) is 0 Å². The zero-order chi connectivity index (χ0) is 23.5. The summed E-state index contributed by atoms with van der Waals surface area (Å²) in [4.78, 5) is 0. The number of allylic oxidation sites excluding steroid dienone is 1. The molecule has 3 heteroatoms. The van der Waals surface area contributed by atoms with E-state index in [2.05, 4.69) is 40.7 Å². The molecule has 0 amide bonds. The predicted molar refractivity (Wildman–Crippen MR) is 137 cm³/mol. The van der Waals surface area contributed by atoms with E-state index in [4.69, 9.17) is 11.5 Å². The van der Waals surface area contributed by atoms with Gasteiger partial charge in [0.05, 0.1) is 6.10 Å². The van der Waals surface area contributed by atoms with Gasteiger partial charge in [0.1, 0.15) is 0 Å². The average Bonchev–Trinajstić information content (AvgIpc) is 3.11. The SMILES string of the molecule is CC(C)CCCC(C)[C@H]1CC[C@H]2[C@@H]3CC=C4C[C@@H](O)CC[C@]4(C)[C@H]3CC[C@]12C.NCCN. The molecule has 32 heavy (non-hydrogen) atoms. The zero-order valence-corrected chi connectivity index (χ0v) is 21.9. The van der Waals surface area contributed by atoms with Crippen molar-refractivity contribution in [1.29, 1.82) is 0 Å². The third-order valence-corrected chi connectivity index (χ3v) is 10.4. The van der Waals surface area contributed by atoms with Crippen LogP contribution in [0.5, 0.6) is 0 Å². The first-order chi connectivity index (χ1) is 15.2. The molecular formula is C29H54N2O. The Kier molecular flexibility index (Phi) is 8.94. The normalized spacial score (nSPS) is 41.7. The average molecular weight is 447 g/mol. The first-order valence-electron chi connectivity index (χ1n) is 13.9. The Morgan fingerprint density at radius 3 is 2.34 bits per heavy atom. The Labute approximate surface area is 199 Å². The van der Waals surface area contributed by atoms with Crippen LogP contribution < -0.4 is 11.5 Å². The van der Waals surface area contributed by atoms with Crippen LogP contribution in [0.15, 0.2) is 11.6 Å². The number of aliphatic hydroxyl groups is 1. The molecule has 0 aromatic carbocycles. The monoisotopic (exact) mass is 446 g/mol. The maximum Gasteiger partial charge on any atom is 0.0577 e. The number of rotatable bonds is 6. The fraction of sp³-hybridized carbons (Fsp3) is 0.931. The Hall–Kier alpha value is -0.380. The number of nitrogens with two attached hydrogens (primary N) is 2. The van der Waals surface area contributed by atoms with E-state index >= 15 is 0 Å². The lowest BCUT2D eigenvalue weighted by Gasteiger charge is -2.58. The molecule has 0 aliphatic heterocycles. The van der Waals surface area contributed by atoms with E-state index in [9.17, 15) is 5.11 Å². The Morgan fingerprint density at radius 1 is 0.969 bits per heavy atom. The minimum atomic E-state index is -0.0766. The van der Waals surface area contributed by atoms with Gasteiger partial charge in [0.2, 0.25) is 0 Å². The third kappa shape index (κ3) is 5.15. The van der Waals surface area contributed by atoms with E-state index < -0.39 is 0 Å². The number of hydrogen-bond acceptors (Lipinski definition) is 3.